The Labute approximate surface area is 191 Å². The number of likely N-dealkylation sites (tertiary alicyclic amines) is 2. The van der Waals surface area contributed by atoms with Crippen LogP contribution >= 0.6 is 0 Å². The minimum absolute atomic E-state index is 0.103. The maximum atomic E-state index is 14.7. The molecular formula is C26H25FN4O2. The number of nitrogens with zero attached hydrogens (tertiary/aromatic N) is 4. The molecule has 168 valence electrons. The predicted octanol–water partition coefficient (Wildman–Crippen LogP) is 3.30. The number of aromatic nitrogens is 2. The number of benzene rings is 2. The molecule has 6 nitrogen and oxygen atoms in total. The van der Waals surface area contributed by atoms with E-state index in [2.05, 4.69) is 10.2 Å². The van der Waals surface area contributed by atoms with Crippen molar-refractivity contribution >= 4 is 22.6 Å². The van der Waals surface area contributed by atoms with Crippen molar-refractivity contribution < 1.29 is 14.0 Å². The molecule has 1 aromatic heterocycles. The lowest BCUT2D eigenvalue weighted by atomic mass is 10.0. The van der Waals surface area contributed by atoms with Crippen LogP contribution in [0.5, 0.6) is 0 Å². The van der Waals surface area contributed by atoms with Gasteiger partial charge in [-0.25, -0.2) is 4.39 Å². The average Bonchev–Trinajstić information content (AvgIpc) is 3.49. The maximum absolute atomic E-state index is 14.7. The van der Waals surface area contributed by atoms with Gasteiger partial charge < -0.3 is 9.80 Å². The molecular weight excluding hydrogens is 419 g/mol. The topological polar surface area (TPSA) is 66.4 Å². The smallest absolute Gasteiger partial charge is 0.256 e. The Bertz CT molecular complexity index is 1240. The summed E-state index contributed by atoms with van der Waals surface area (Å²) in [5, 5.41) is 10.4. The Hall–Kier alpha value is -3.35. The van der Waals surface area contributed by atoms with Crippen molar-refractivity contribution in [2.45, 2.75) is 19.3 Å². The zero-order valence-electron chi connectivity index (χ0n) is 18.3. The van der Waals surface area contributed by atoms with Crippen LogP contribution in [-0.4, -0.2) is 58.0 Å². The fraction of sp³-hybridized carbons (Fsp3) is 0.385. The summed E-state index contributed by atoms with van der Waals surface area (Å²) in [7, 11) is 0. The maximum Gasteiger partial charge on any atom is 0.256 e. The number of hydrogen-bond donors (Lipinski definition) is 0. The molecule has 2 aliphatic heterocycles. The van der Waals surface area contributed by atoms with Crippen LogP contribution in [0.3, 0.4) is 0 Å². The van der Waals surface area contributed by atoms with Gasteiger partial charge in [0.2, 0.25) is 5.91 Å². The summed E-state index contributed by atoms with van der Waals surface area (Å²) in [6.45, 7) is 2.59. The lowest BCUT2D eigenvalue weighted by Gasteiger charge is -2.22. The lowest BCUT2D eigenvalue weighted by molar-refractivity contribution is -0.131. The second-order valence-electron chi connectivity index (χ2n) is 9.62. The third-order valence-electron chi connectivity index (χ3n) is 7.29. The first kappa shape index (κ1) is 20.3. The van der Waals surface area contributed by atoms with Gasteiger partial charge in [0.25, 0.3) is 5.91 Å². The van der Waals surface area contributed by atoms with Crippen molar-refractivity contribution in [3.05, 3.63) is 71.3 Å². The second-order valence-corrected chi connectivity index (χ2v) is 9.62. The number of halogens is 1. The molecule has 3 aromatic rings. The van der Waals surface area contributed by atoms with Crippen molar-refractivity contribution in [2.75, 3.05) is 26.2 Å². The van der Waals surface area contributed by atoms with E-state index >= 15 is 0 Å². The molecule has 1 saturated carbocycles. The first-order valence-corrected chi connectivity index (χ1v) is 11.6. The molecule has 6 rings (SSSR count). The minimum atomic E-state index is -0.504. The van der Waals surface area contributed by atoms with Gasteiger partial charge in [0.1, 0.15) is 5.82 Å². The quantitative estimate of drug-likeness (QED) is 0.619. The molecule has 0 radical (unpaired) electrons. The van der Waals surface area contributed by atoms with Gasteiger partial charge in [0.05, 0.1) is 17.5 Å². The molecule has 7 heteroatoms. The van der Waals surface area contributed by atoms with Crippen molar-refractivity contribution in [3.63, 3.8) is 0 Å². The van der Waals surface area contributed by atoms with E-state index in [1.807, 2.05) is 29.2 Å². The SMILES string of the molecule is O=C(c1cc(Cc2nncc3ccccc23)ccc1F)N1CC2CN(C(=O)C3CC3)CC2C1. The summed E-state index contributed by atoms with van der Waals surface area (Å²) < 4.78 is 14.7. The van der Waals surface area contributed by atoms with Gasteiger partial charge in [-0.1, -0.05) is 30.3 Å². The fourth-order valence-corrected chi connectivity index (χ4v) is 5.35. The summed E-state index contributed by atoms with van der Waals surface area (Å²) in [4.78, 5) is 29.3. The van der Waals surface area contributed by atoms with E-state index in [9.17, 15) is 14.0 Å². The van der Waals surface area contributed by atoms with Gasteiger partial charge in [-0.15, -0.1) is 0 Å². The Morgan fingerprint density at radius 3 is 2.45 bits per heavy atom. The molecule has 0 bridgehead atoms. The van der Waals surface area contributed by atoms with Crippen LogP contribution in [0.25, 0.3) is 10.8 Å². The van der Waals surface area contributed by atoms with Crippen molar-refractivity contribution in [2.24, 2.45) is 17.8 Å². The number of hydrogen-bond acceptors (Lipinski definition) is 4. The third kappa shape index (κ3) is 3.75. The van der Waals surface area contributed by atoms with Crippen LogP contribution in [0, 0.1) is 23.6 Å². The molecule has 33 heavy (non-hydrogen) atoms. The second kappa shape index (κ2) is 7.90. The van der Waals surface area contributed by atoms with Gasteiger partial charge in [-0.3, -0.25) is 9.59 Å². The number of carbonyl (C=O) groups is 2. The highest BCUT2D eigenvalue weighted by Gasteiger charge is 2.45. The van der Waals surface area contributed by atoms with E-state index in [-0.39, 0.29) is 35.1 Å². The molecule has 0 N–H and O–H groups in total. The van der Waals surface area contributed by atoms with E-state index < -0.39 is 5.82 Å². The number of rotatable bonds is 4. The molecule has 2 atom stereocenters. The molecule has 3 heterocycles. The minimum Gasteiger partial charge on any atom is -0.342 e. The van der Waals surface area contributed by atoms with E-state index in [4.69, 9.17) is 0 Å². The molecule has 2 saturated heterocycles. The van der Waals surface area contributed by atoms with Gasteiger partial charge in [-0.05, 0) is 30.5 Å². The summed E-state index contributed by atoms with van der Waals surface area (Å²) in [6, 6.07) is 12.6. The van der Waals surface area contributed by atoms with Gasteiger partial charge in [0.15, 0.2) is 0 Å². The highest BCUT2D eigenvalue weighted by Crippen LogP contribution is 2.37. The lowest BCUT2D eigenvalue weighted by Crippen LogP contribution is -2.36. The van der Waals surface area contributed by atoms with Crippen LogP contribution in [0.4, 0.5) is 4.39 Å². The summed E-state index contributed by atoms with van der Waals surface area (Å²) in [5.41, 5.74) is 1.73. The third-order valence-corrected chi connectivity index (χ3v) is 7.29. The van der Waals surface area contributed by atoms with E-state index in [0.29, 0.717) is 32.6 Å². The Morgan fingerprint density at radius 2 is 1.70 bits per heavy atom. The van der Waals surface area contributed by atoms with E-state index in [1.54, 1.807) is 23.2 Å². The standard InChI is InChI=1S/C26H25FN4O2/c27-23-8-5-16(10-24-21-4-2-1-3-18(21)11-28-29-24)9-22(23)26(33)31-14-19-12-30(13-20(19)15-31)25(32)17-6-7-17/h1-5,8-9,11,17,19-20H,6-7,10,12-15H2. The van der Waals surface area contributed by atoms with Crippen LogP contribution in [0.1, 0.15) is 34.5 Å². The molecule has 3 aliphatic rings. The number of carbonyl (C=O) groups excluding carboxylic acids is 2. The Morgan fingerprint density at radius 1 is 0.970 bits per heavy atom. The highest BCUT2D eigenvalue weighted by molar-refractivity contribution is 5.95. The van der Waals surface area contributed by atoms with Crippen molar-refractivity contribution in [1.29, 1.82) is 0 Å². The summed E-state index contributed by atoms with van der Waals surface area (Å²) in [5.74, 6) is 0.299. The molecule has 1 aliphatic carbocycles. The van der Waals surface area contributed by atoms with Gasteiger partial charge >= 0.3 is 0 Å². The van der Waals surface area contributed by atoms with E-state index in [0.717, 1.165) is 34.9 Å². The van der Waals surface area contributed by atoms with Gasteiger partial charge in [-0.2, -0.15) is 10.2 Å². The molecule has 3 fully saturated rings. The number of fused-ring (bicyclic) bond motifs is 2. The normalized spacial score (nSPS) is 22.1. The zero-order chi connectivity index (χ0) is 22.5. The predicted molar refractivity (Wildman–Crippen MR) is 121 cm³/mol. The number of amides is 2. The van der Waals surface area contributed by atoms with Gasteiger partial charge in [0, 0.05) is 61.1 Å². The van der Waals surface area contributed by atoms with Crippen LogP contribution < -0.4 is 0 Å². The zero-order valence-corrected chi connectivity index (χ0v) is 18.3. The monoisotopic (exact) mass is 444 g/mol. The molecule has 0 spiro atoms. The van der Waals surface area contributed by atoms with Crippen molar-refractivity contribution in [3.8, 4) is 0 Å². The summed E-state index contributed by atoms with van der Waals surface area (Å²) >= 11 is 0. The summed E-state index contributed by atoms with van der Waals surface area (Å²) in [6.07, 6.45) is 4.21. The average molecular weight is 445 g/mol. The first-order chi connectivity index (χ1) is 16.1. The highest BCUT2D eigenvalue weighted by atomic mass is 19.1. The largest absolute Gasteiger partial charge is 0.342 e. The first-order valence-electron chi connectivity index (χ1n) is 11.6. The van der Waals surface area contributed by atoms with Crippen LogP contribution in [0.15, 0.2) is 48.7 Å². The van der Waals surface area contributed by atoms with E-state index in [1.165, 1.54) is 6.07 Å². The Kier molecular flexibility index (Phi) is 4.85. The molecule has 2 amide bonds. The molecule has 2 unspecified atom stereocenters. The van der Waals surface area contributed by atoms with Crippen LogP contribution in [-0.2, 0) is 11.2 Å². The fourth-order valence-electron chi connectivity index (χ4n) is 5.35. The van der Waals surface area contributed by atoms with Crippen molar-refractivity contribution in [1.82, 2.24) is 20.0 Å². The van der Waals surface area contributed by atoms with Crippen LogP contribution in [0.2, 0.25) is 0 Å². The Balaban J connectivity index is 1.18. The molecule has 2 aromatic carbocycles.